The fourth-order valence-corrected chi connectivity index (χ4v) is 3.04. The van der Waals surface area contributed by atoms with E-state index in [1.165, 1.54) is 18.4 Å². The SMILES string of the molecule is CN(C)C1CCCN(CC(O)C(N)Cc2ccccc2)C1. The summed E-state index contributed by atoms with van der Waals surface area (Å²) in [7, 11) is 4.26. The van der Waals surface area contributed by atoms with Crippen LogP contribution in [0, 0.1) is 0 Å². The van der Waals surface area contributed by atoms with Gasteiger partial charge in [0.05, 0.1) is 6.10 Å². The highest BCUT2D eigenvalue weighted by molar-refractivity contribution is 5.16. The smallest absolute Gasteiger partial charge is 0.0820 e. The second-order valence-corrected chi connectivity index (χ2v) is 6.44. The predicted molar refractivity (Wildman–Crippen MR) is 87.3 cm³/mol. The number of likely N-dealkylation sites (tertiary alicyclic amines) is 1. The molecule has 1 aromatic carbocycles. The maximum atomic E-state index is 10.4. The van der Waals surface area contributed by atoms with Gasteiger partial charge < -0.3 is 15.7 Å². The van der Waals surface area contributed by atoms with E-state index in [1.807, 2.05) is 18.2 Å². The molecule has 1 saturated heterocycles. The highest BCUT2D eigenvalue weighted by atomic mass is 16.3. The number of benzene rings is 1. The van der Waals surface area contributed by atoms with Crippen molar-refractivity contribution in [1.29, 1.82) is 0 Å². The van der Waals surface area contributed by atoms with Gasteiger partial charge in [-0.25, -0.2) is 0 Å². The van der Waals surface area contributed by atoms with Gasteiger partial charge in [0.2, 0.25) is 0 Å². The summed E-state index contributed by atoms with van der Waals surface area (Å²) in [6.45, 7) is 2.78. The molecule has 1 fully saturated rings. The molecule has 4 heteroatoms. The van der Waals surface area contributed by atoms with Crippen LogP contribution < -0.4 is 5.73 Å². The molecule has 1 heterocycles. The van der Waals surface area contributed by atoms with Crippen molar-refractivity contribution in [3.05, 3.63) is 35.9 Å². The maximum absolute atomic E-state index is 10.4. The fourth-order valence-electron chi connectivity index (χ4n) is 3.04. The Balaban J connectivity index is 1.81. The van der Waals surface area contributed by atoms with Crippen molar-refractivity contribution < 1.29 is 5.11 Å². The van der Waals surface area contributed by atoms with E-state index in [2.05, 4.69) is 36.0 Å². The van der Waals surface area contributed by atoms with Crippen molar-refractivity contribution >= 4 is 0 Å². The van der Waals surface area contributed by atoms with Gasteiger partial charge in [-0.15, -0.1) is 0 Å². The summed E-state index contributed by atoms with van der Waals surface area (Å²) >= 11 is 0. The second-order valence-electron chi connectivity index (χ2n) is 6.44. The number of hydrogen-bond donors (Lipinski definition) is 2. The minimum absolute atomic E-state index is 0.202. The van der Waals surface area contributed by atoms with Crippen molar-refractivity contribution in [3.63, 3.8) is 0 Å². The number of nitrogens with zero attached hydrogens (tertiary/aromatic N) is 2. The highest BCUT2D eigenvalue weighted by Crippen LogP contribution is 2.15. The van der Waals surface area contributed by atoms with E-state index in [4.69, 9.17) is 5.73 Å². The molecule has 0 saturated carbocycles. The largest absolute Gasteiger partial charge is 0.390 e. The molecule has 3 N–H and O–H groups in total. The first-order valence-corrected chi connectivity index (χ1v) is 7.92. The molecule has 118 valence electrons. The molecular formula is C17H29N3O. The zero-order chi connectivity index (χ0) is 15.2. The molecule has 0 aliphatic carbocycles. The molecule has 0 spiro atoms. The van der Waals surface area contributed by atoms with Gasteiger partial charge in [-0.2, -0.15) is 0 Å². The lowest BCUT2D eigenvalue weighted by Crippen LogP contribution is -2.50. The van der Waals surface area contributed by atoms with Gasteiger partial charge in [0, 0.05) is 25.2 Å². The maximum Gasteiger partial charge on any atom is 0.0820 e. The van der Waals surface area contributed by atoms with Crippen LogP contribution in [0.1, 0.15) is 18.4 Å². The topological polar surface area (TPSA) is 52.7 Å². The fraction of sp³-hybridized carbons (Fsp3) is 0.647. The van der Waals surface area contributed by atoms with E-state index >= 15 is 0 Å². The van der Waals surface area contributed by atoms with Crippen LogP contribution in [0.3, 0.4) is 0 Å². The summed E-state index contributed by atoms with van der Waals surface area (Å²) in [5.74, 6) is 0. The Labute approximate surface area is 128 Å². The Bertz CT molecular complexity index is 410. The average Bonchev–Trinajstić information content (AvgIpc) is 2.48. The lowest BCUT2D eigenvalue weighted by molar-refractivity contribution is 0.0594. The molecule has 0 amide bonds. The minimum Gasteiger partial charge on any atom is -0.390 e. The monoisotopic (exact) mass is 291 g/mol. The van der Waals surface area contributed by atoms with Crippen molar-refractivity contribution in [1.82, 2.24) is 9.80 Å². The van der Waals surface area contributed by atoms with E-state index < -0.39 is 6.10 Å². The van der Waals surface area contributed by atoms with Crippen LogP contribution in [-0.2, 0) is 6.42 Å². The van der Waals surface area contributed by atoms with Gasteiger partial charge in [0.15, 0.2) is 0 Å². The van der Waals surface area contributed by atoms with Crippen molar-refractivity contribution in [2.45, 2.75) is 37.5 Å². The number of likely N-dealkylation sites (N-methyl/N-ethyl adjacent to an activating group) is 1. The summed E-state index contributed by atoms with van der Waals surface area (Å²) in [4.78, 5) is 4.63. The van der Waals surface area contributed by atoms with Gasteiger partial charge in [0.1, 0.15) is 0 Å². The van der Waals surface area contributed by atoms with Gasteiger partial charge in [-0.05, 0) is 45.5 Å². The summed E-state index contributed by atoms with van der Waals surface area (Å²) in [6, 6.07) is 10.6. The summed E-state index contributed by atoms with van der Waals surface area (Å²) in [5.41, 5.74) is 7.36. The Morgan fingerprint density at radius 3 is 2.71 bits per heavy atom. The van der Waals surface area contributed by atoms with Gasteiger partial charge >= 0.3 is 0 Å². The van der Waals surface area contributed by atoms with Crippen LogP contribution in [0.2, 0.25) is 0 Å². The summed E-state index contributed by atoms with van der Waals surface area (Å²) in [5, 5.41) is 10.4. The molecule has 3 atom stereocenters. The van der Waals surface area contributed by atoms with Gasteiger partial charge in [0.25, 0.3) is 0 Å². The van der Waals surface area contributed by atoms with Crippen molar-refractivity contribution in [3.8, 4) is 0 Å². The Morgan fingerprint density at radius 2 is 2.05 bits per heavy atom. The summed E-state index contributed by atoms with van der Waals surface area (Å²) in [6.07, 6.45) is 2.71. The third-order valence-corrected chi connectivity index (χ3v) is 4.46. The minimum atomic E-state index is -0.467. The number of β-amino-alcohol motifs (C(OH)–C–C–N with tert-alkyl or cyclic N) is 1. The van der Waals surface area contributed by atoms with Crippen LogP contribution in [0.15, 0.2) is 30.3 Å². The van der Waals surface area contributed by atoms with Crippen LogP contribution in [0.25, 0.3) is 0 Å². The molecule has 1 aliphatic heterocycles. The molecule has 21 heavy (non-hydrogen) atoms. The molecule has 0 bridgehead atoms. The highest BCUT2D eigenvalue weighted by Gasteiger charge is 2.25. The van der Waals surface area contributed by atoms with Crippen LogP contribution in [-0.4, -0.2) is 66.8 Å². The van der Waals surface area contributed by atoms with E-state index in [-0.39, 0.29) is 6.04 Å². The normalized spacial score (nSPS) is 23.2. The first kappa shape index (κ1) is 16.4. The molecule has 0 aromatic heterocycles. The standard InChI is InChI=1S/C17H29N3O/c1-19(2)15-9-6-10-20(12-15)13-17(21)16(18)11-14-7-4-3-5-8-14/h3-5,7-8,15-17,21H,6,9-13,18H2,1-2H3. The van der Waals surface area contributed by atoms with Crippen molar-refractivity contribution in [2.75, 3.05) is 33.7 Å². The zero-order valence-corrected chi connectivity index (χ0v) is 13.3. The van der Waals surface area contributed by atoms with Crippen LogP contribution in [0.5, 0.6) is 0 Å². The second kappa shape index (κ2) is 7.90. The molecule has 3 unspecified atom stereocenters. The third-order valence-electron chi connectivity index (χ3n) is 4.46. The van der Waals surface area contributed by atoms with E-state index in [0.717, 1.165) is 19.5 Å². The van der Waals surface area contributed by atoms with E-state index in [9.17, 15) is 5.11 Å². The number of piperidine rings is 1. The number of rotatable bonds is 6. The predicted octanol–water partition coefficient (Wildman–Crippen LogP) is 0.943. The van der Waals surface area contributed by atoms with Crippen LogP contribution in [0.4, 0.5) is 0 Å². The quantitative estimate of drug-likeness (QED) is 0.819. The molecule has 4 nitrogen and oxygen atoms in total. The lowest BCUT2D eigenvalue weighted by Gasteiger charge is -2.37. The average molecular weight is 291 g/mol. The molecule has 2 rings (SSSR count). The number of nitrogens with two attached hydrogens (primary N) is 1. The zero-order valence-electron chi connectivity index (χ0n) is 13.3. The van der Waals surface area contributed by atoms with Crippen LogP contribution >= 0.6 is 0 Å². The molecule has 0 radical (unpaired) electrons. The molecule has 1 aliphatic rings. The number of aliphatic hydroxyl groups is 1. The Hall–Kier alpha value is -0.940. The molecular weight excluding hydrogens is 262 g/mol. The summed E-state index contributed by atoms with van der Waals surface area (Å²) < 4.78 is 0. The third kappa shape index (κ3) is 5.08. The Kier molecular flexibility index (Phi) is 6.18. The number of aliphatic hydroxyl groups excluding tert-OH is 1. The molecule has 1 aromatic rings. The van der Waals surface area contributed by atoms with E-state index in [0.29, 0.717) is 12.6 Å². The number of hydrogen-bond acceptors (Lipinski definition) is 4. The van der Waals surface area contributed by atoms with Crippen molar-refractivity contribution in [2.24, 2.45) is 5.73 Å². The first-order chi connectivity index (χ1) is 10.1. The lowest BCUT2D eigenvalue weighted by atomic mass is 10.00. The first-order valence-electron chi connectivity index (χ1n) is 7.92. The van der Waals surface area contributed by atoms with Gasteiger partial charge in [-0.1, -0.05) is 30.3 Å². The van der Waals surface area contributed by atoms with E-state index in [1.54, 1.807) is 0 Å². The van der Waals surface area contributed by atoms with Gasteiger partial charge in [-0.3, -0.25) is 4.90 Å². The Morgan fingerprint density at radius 1 is 1.33 bits per heavy atom.